The summed E-state index contributed by atoms with van der Waals surface area (Å²) in [6.45, 7) is 0.767. The van der Waals surface area contributed by atoms with Gasteiger partial charge in [-0.3, -0.25) is 9.78 Å². The Balaban J connectivity index is 1.53. The van der Waals surface area contributed by atoms with E-state index in [-0.39, 0.29) is 22.9 Å². The van der Waals surface area contributed by atoms with E-state index in [0.717, 1.165) is 11.3 Å². The van der Waals surface area contributed by atoms with E-state index in [1.54, 1.807) is 24.3 Å². The van der Waals surface area contributed by atoms with Crippen LogP contribution in [0.1, 0.15) is 28.4 Å². The number of benzene rings is 1. The van der Waals surface area contributed by atoms with Crippen LogP contribution in [0.25, 0.3) is 0 Å². The third-order valence-electron chi connectivity index (χ3n) is 5.40. The summed E-state index contributed by atoms with van der Waals surface area (Å²) in [6.07, 6.45) is 3.89. The smallest absolute Gasteiger partial charge is 0.228 e. The predicted octanol–water partition coefficient (Wildman–Crippen LogP) is 4.41. The number of H-pyrrole nitrogens is 1. The molecule has 1 N–H and O–H groups in total. The molecule has 3 aromatic rings. The molecule has 30 heavy (non-hydrogen) atoms. The first-order valence-electron chi connectivity index (χ1n) is 9.42. The number of aromatic nitrogens is 3. The standard InChI is InChI=1S/C21H19ClF2N4OS/c1-27(10-12-3-2-6-25-9-12)18(29)8-16-17-7-13(11-28(17)21(30)26-16)19-15(23)5-4-14(22)20(19)24/h2-6,9,13H,7-8,10-11H2,1H3,(H,26,30). The molecule has 1 aromatic carbocycles. The van der Waals surface area contributed by atoms with Gasteiger partial charge in [-0.05, 0) is 42.4 Å². The van der Waals surface area contributed by atoms with Gasteiger partial charge in [-0.1, -0.05) is 17.7 Å². The highest BCUT2D eigenvalue weighted by molar-refractivity contribution is 7.71. The molecule has 5 nitrogen and oxygen atoms in total. The number of rotatable bonds is 5. The SMILES string of the molecule is CN(Cc1cccnc1)C(=O)Cc1[nH]c(=S)n2c1CC(c1c(F)ccc(Cl)c1F)C2. The zero-order valence-corrected chi connectivity index (χ0v) is 17.7. The number of hydrogen-bond donors (Lipinski definition) is 1. The minimum absolute atomic E-state index is 0.0356. The van der Waals surface area contributed by atoms with E-state index >= 15 is 0 Å². The summed E-state index contributed by atoms with van der Waals surface area (Å²) in [5, 5.41) is -0.111. The van der Waals surface area contributed by atoms with Crippen LogP contribution in [0.2, 0.25) is 5.02 Å². The number of nitrogens with zero attached hydrogens (tertiary/aromatic N) is 3. The van der Waals surface area contributed by atoms with Crippen LogP contribution in [0.4, 0.5) is 8.78 Å². The first-order chi connectivity index (χ1) is 14.3. The normalized spacial score (nSPS) is 15.3. The van der Waals surface area contributed by atoms with Crippen molar-refractivity contribution in [2.24, 2.45) is 0 Å². The summed E-state index contributed by atoms with van der Waals surface area (Å²) in [5.41, 5.74) is 2.36. The van der Waals surface area contributed by atoms with Gasteiger partial charge in [0.1, 0.15) is 11.6 Å². The van der Waals surface area contributed by atoms with Gasteiger partial charge in [0.05, 0.1) is 11.4 Å². The Labute approximate surface area is 182 Å². The van der Waals surface area contributed by atoms with Gasteiger partial charge in [0.25, 0.3) is 0 Å². The minimum atomic E-state index is -0.740. The molecule has 0 fully saturated rings. The molecule has 3 heterocycles. The topological polar surface area (TPSA) is 53.9 Å². The average Bonchev–Trinajstić information content (AvgIpc) is 3.27. The number of aromatic amines is 1. The zero-order valence-electron chi connectivity index (χ0n) is 16.2. The van der Waals surface area contributed by atoms with Crippen molar-refractivity contribution in [2.75, 3.05) is 7.05 Å². The third-order valence-corrected chi connectivity index (χ3v) is 6.02. The molecule has 1 atom stereocenters. The van der Waals surface area contributed by atoms with Crippen molar-refractivity contribution in [1.82, 2.24) is 19.4 Å². The van der Waals surface area contributed by atoms with Crippen LogP contribution in [0.5, 0.6) is 0 Å². The fourth-order valence-electron chi connectivity index (χ4n) is 3.90. The maximum absolute atomic E-state index is 14.5. The number of imidazole rings is 1. The van der Waals surface area contributed by atoms with Crippen LogP contribution in [0, 0.1) is 16.4 Å². The highest BCUT2D eigenvalue weighted by atomic mass is 35.5. The molecule has 1 aliphatic heterocycles. The number of carbonyl (C=O) groups excluding carboxylic acids is 1. The van der Waals surface area contributed by atoms with Crippen molar-refractivity contribution in [1.29, 1.82) is 0 Å². The molecule has 156 valence electrons. The lowest BCUT2D eigenvalue weighted by Gasteiger charge is -2.17. The number of nitrogens with one attached hydrogen (secondary N) is 1. The molecule has 0 aliphatic carbocycles. The molecule has 1 unspecified atom stereocenters. The van der Waals surface area contributed by atoms with E-state index in [1.165, 1.54) is 12.1 Å². The Morgan fingerprint density at radius 1 is 1.40 bits per heavy atom. The number of hydrogen-bond acceptors (Lipinski definition) is 3. The predicted molar refractivity (Wildman–Crippen MR) is 112 cm³/mol. The van der Waals surface area contributed by atoms with Gasteiger partial charge in [0.15, 0.2) is 4.77 Å². The van der Waals surface area contributed by atoms with E-state index < -0.39 is 17.6 Å². The summed E-state index contributed by atoms with van der Waals surface area (Å²) >= 11 is 11.2. The van der Waals surface area contributed by atoms with E-state index in [4.69, 9.17) is 23.8 Å². The van der Waals surface area contributed by atoms with Crippen molar-refractivity contribution in [3.05, 3.63) is 80.6 Å². The summed E-state index contributed by atoms with van der Waals surface area (Å²) in [7, 11) is 1.72. The second kappa shape index (κ2) is 8.28. The summed E-state index contributed by atoms with van der Waals surface area (Å²) in [4.78, 5) is 21.5. The second-order valence-electron chi connectivity index (χ2n) is 7.41. The molecule has 0 bridgehead atoms. The van der Waals surface area contributed by atoms with Gasteiger partial charge < -0.3 is 14.5 Å². The quantitative estimate of drug-likeness (QED) is 0.464. The van der Waals surface area contributed by atoms with Crippen molar-refractivity contribution in [3.8, 4) is 0 Å². The van der Waals surface area contributed by atoms with Crippen molar-refractivity contribution in [3.63, 3.8) is 0 Å². The number of pyridine rings is 1. The van der Waals surface area contributed by atoms with Crippen LogP contribution in [-0.4, -0.2) is 32.4 Å². The van der Waals surface area contributed by atoms with Gasteiger partial charge in [-0.2, -0.15) is 0 Å². The highest BCUT2D eigenvalue weighted by Crippen LogP contribution is 2.36. The van der Waals surface area contributed by atoms with Gasteiger partial charge in [-0.15, -0.1) is 0 Å². The Hall–Kier alpha value is -2.58. The number of carbonyl (C=O) groups is 1. The van der Waals surface area contributed by atoms with Crippen LogP contribution in [0.15, 0.2) is 36.7 Å². The maximum Gasteiger partial charge on any atom is 0.228 e. The Morgan fingerprint density at radius 2 is 2.20 bits per heavy atom. The zero-order chi connectivity index (χ0) is 21.4. The van der Waals surface area contributed by atoms with Crippen LogP contribution < -0.4 is 0 Å². The summed E-state index contributed by atoms with van der Waals surface area (Å²) in [5.74, 6) is -1.90. The monoisotopic (exact) mass is 448 g/mol. The Kier molecular flexibility index (Phi) is 5.71. The third kappa shape index (κ3) is 3.89. The number of likely N-dealkylation sites (N-methyl/N-ethyl adjacent to an activating group) is 1. The molecular formula is C21H19ClF2N4OS. The molecule has 9 heteroatoms. The molecule has 0 radical (unpaired) electrons. The fraction of sp³-hybridized carbons (Fsp3) is 0.286. The van der Waals surface area contributed by atoms with Crippen molar-refractivity contribution >= 4 is 29.7 Å². The molecule has 1 aliphatic rings. The Morgan fingerprint density at radius 3 is 2.93 bits per heavy atom. The summed E-state index contributed by atoms with van der Waals surface area (Å²) in [6, 6.07) is 6.10. The van der Waals surface area contributed by atoms with Gasteiger partial charge in [0.2, 0.25) is 5.91 Å². The van der Waals surface area contributed by atoms with E-state index in [9.17, 15) is 13.6 Å². The van der Waals surface area contributed by atoms with E-state index in [0.29, 0.717) is 30.0 Å². The van der Waals surface area contributed by atoms with Crippen LogP contribution in [-0.2, 0) is 30.7 Å². The van der Waals surface area contributed by atoms with Crippen LogP contribution in [0.3, 0.4) is 0 Å². The molecule has 4 rings (SSSR count). The average molecular weight is 449 g/mol. The van der Waals surface area contributed by atoms with E-state index in [2.05, 4.69) is 9.97 Å². The number of amides is 1. The first kappa shape index (κ1) is 20.7. The lowest BCUT2D eigenvalue weighted by molar-refractivity contribution is -0.129. The largest absolute Gasteiger partial charge is 0.341 e. The summed E-state index contributed by atoms with van der Waals surface area (Å²) < 4.78 is 31.1. The molecule has 0 spiro atoms. The van der Waals surface area contributed by atoms with Gasteiger partial charge >= 0.3 is 0 Å². The van der Waals surface area contributed by atoms with Crippen molar-refractivity contribution in [2.45, 2.75) is 31.8 Å². The lowest BCUT2D eigenvalue weighted by atomic mass is 9.95. The van der Waals surface area contributed by atoms with Gasteiger partial charge in [0, 0.05) is 55.4 Å². The molecule has 0 saturated heterocycles. The molecule has 2 aromatic heterocycles. The van der Waals surface area contributed by atoms with E-state index in [1.807, 2.05) is 16.7 Å². The maximum atomic E-state index is 14.5. The minimum Gasteiger partial charge on any atom is -0.341 e. The highest BCUT2D eigenvalue weighted by Gasteiger charge is 2.32. The fourth-order valence-corrected chi connectivity index (χ4v) is 4.37. The lowest BCUT2D eigenvalue weighted by Crippen LogP contribution is -2.28. The number of fused-ring (bicyclic) bond motifs is 1. The van der Waals surface area contributed by atoms with Gasteiger partial charge in [-0.25, -0.2) is 8.78 Å². The number of halogens is 3. The Bertz CT molecular complexity index is 1160. The molecule has 0 saturated carbocycles. The molecule has 1 amide bonds. The van der Waals surface area contributed by atoms with Crippen LogP contribution >= 0.6 is 23.8 Å². The first-order valence-corrected chi connectivity index (χ1v) is 10.2. The van der Waals surface area contributed by atoms with Crippen molar-refractivity contribution < 1.29 is 13.6 Å². The second-order valence-corrected chi connectivity index (χ2v) is 8.21. The molecular weight excluding hydrogens is 430 g/mol.